The molecule has 0 spiro atoms. The van der Waals surface area contributed by atoms with Crippen molar-refractivity contribution >= 4 is 5.91 Å². The molecule has 0 aliphatic rings. The first-order valence-electron chi connectivity index (χ1n) is 9.08. The van der Waals surface area contributed by atoms with Crippen molar-refractivity contribution in [3.05, 3.63) is 47.5 Å². The van der Waals surface area contributed by atoms with Gasteiger partial charge in [0.2, 0.25) is 5.75 Å². The van der Waals surface area contributed by atoms with E-state index >= 15 is 0 Å². The quantitative estimate of drug-likeness (QED) is 0.748. The van der Waals surface area contributed by atoms with Gasteiger partial charge >= 0.3 is 0 Å². The maximum atomic E-state index is 12.3. The van der Waals surface area contributed by atoms with Gasteiger partial charge in [0.25, 0.3) is 5.91 Å². The SMILES string of the molecule is COc1ccc(CNC(=O)COc2ccccc2C(C)(C)C)c(OC)c1OC. The van der Waals surface area contributed by atoms with Gasteiger partial charge in [-0.2, -0.15) is 0 Å². The third kappa shape index (κ3) is 5.09. The van der Waals surface area contributed by atoms with E-state index in [9.17, 15) is 4.79 Å². The summed E-state index contributed by atoms with van der Waals surface area (Å²) < 4.78 is 21.8. The number of hydrogen-bond acceptors (Lipinski definition) is 5. The van der Waals surface area contributed by atoms with Crippen LogP contribution in [-0.4, -0.2) is 33.8 Å². The van der Waals surface area contributed by atoms with Gasteiger partial charge in [0, 0.05) is 12.1 Å². The summed E-state index contributed by atoms with van der Waals surface area (Å²) in [6.45, 7) is 6.55. The molecule has 1 N–H and O–H groups in total. The number of benzene rings is 2. The van der Waals surface area contributed by atoms with Gasteiger partial charge in [-0.05, 0) is 29.2 Å². The minimum atomic E-state index is -0.222. The molecule has 1 amide bonds. The Morgan fingerprint density at radius 3 is 2.18 bits per heavy atom. The van der Waals surface area contributed by atoms with Crippen LogP contribution in [-0.2, 0) is 16.8 Å². The topological polar surface area (TPSA) is 66.0 Å². The molecule has 0 saturated heterocycles. The van der Waals surface area contributed by atoms with Crippen LogP contribution in [0, 0.1) is 0 Å². The van der Waals surface area contributed by atoms with E-state index in [4.69, 9.17) is 18.9 Å². The number of hydrogen-bond donors (Lipinski definition) is 1. The van der Waals surface area contributed by atoms with Gasteiger partial charge in [0.15, 0.2) is 18.1 Å². The van der Waals surface area contributed by atoms with Gasteiger partial charge in [0.1, 0.15) is 5.75 Å². The number of nitrogens with one attached hydrogen (secondary N) is 1. The third-order valence-corrected chi connectivity index (χ3v) is 4.32. The highest BCUT2D eigenvalue weighted by atomic mass is 16.5. The molecule has 152 valence electrons. The summed E-state index contributed by atoms with van der Waals surface area (Å²) in [5.41, 5.74) is 1.77. The Kier molecular flexibility index (Phi) is 7.15. The highest BCUT2D eigenvalue weighted by Gasteiger charge is 2.19. The number of methoxy groups -OCH3 is 3. The maximum Gasteiger partial charge on any atom is 0.258 e. The molecule has 0 aliphatic heterocycles. The second-order valence-corrected chi connectivity index (χ2v) is 7.31. The van der Waals surface area contributed by atoms with Crippen molar-refractivity contribution < 1.29 is 23.7 Å². The fourth-order valence-corrected chi connectivity index (χ4v) is 2.90. The predicted molar refractivity (Wildman–Crippen MR) is 109 cm³/mol. The lowest BCUT2D eigenvalue weighted by molar-refractivity contribution is -0.123. The first-order valence-corrected chi connectivity index (χ1v) is 9.08. The first-order chi connectivity index (χ1) is 13.3. The van der Waals surface area contributed by atoms with Gasteiger partial charge in [0.05, 0.1) is 21.3 Å². The predicted octanol–water partition coefficient (Wildman–Crippen LogP) is 3.71. The Morgan fingerprint density at radius 2 is 1.57 bits per heavy atom. The molecule has 0 saturated carbocycles. The summed E-state index contributed by atoms with van der Waals surface area (Å²) in [6, 6.07) is 11.4. The molecule has 0 fully saturated rings. The minimum Gasteiger partial charge on any atom is -0.493 e. The van der Waals surface area contributed by atoms with Crippen LogP contribution in [0.3, 0.4) is 0 Å². The van der Waals surface area contributed by atoms with Gasteiger partial charge in [-0.25, -0.2) is 0 Å². The van der Waals surface area contributed by atoms with Gasteiger partial charge < -0.3 is 24.3 Å². The highest BCUT2D eigenvalue weighted by molar-refractivity contribution is 5.77. The molecule has 6 heteroatoms. The molecule has 0 aromatic heterocycles. The van der Waals surface area contributed by atoms with Crippen molar-refractivity contribution in [1.82, 2.24) is 5.32 Å². The summed E-state index contributed by atoms with van der Waals surface area (Å²) in [6.07, 6.45) is 0. The van der Waals surface area contributed by atoms with E-state index in [2.05, 4.69) is 26.1 Å². The van der Waals surface area contributed by atoms with E-state index in [-0.39, 0.29) is 24.5 Å². The monoisotopic (exact) mass is 387 g/mol. The van der Waals surface area contributed by atoms with Gasteiger partial charge in [-0.1, -0.05) is 39.0 Å². The largest absolute Gasteiger partial charge is 0.493 e. The summed E-state index contributed by atoms with van der Waals surface area (Å²) in [7, 11) is 4.66. The minimum absolute atomic E-state index is 0.0668. The van der Waals surface area contributed by atoms with Crippen molar-refractivity contribution in [3.8, 4) is 23.0 Å². The summed E-state index contributed by atoms with van der Waals surface area (Å²) >= 11 is 0. The van der Waals surface area contributed by atoms with Crippen molar-refractivity contribution in [2.45, 2.75) is 32.7 Å². The lowest BCUT2D eigenvalue weighted by atomic mass is 9.86. The van der Waals surface area contributed by atoms with Crippen LogP contribution in [0.5, 0.6) is 23.0 Å². The Hall–Kier alpha value is -2.89. The molecule has 0 radical (unpaired) electrons. The number of carbonyl (C=O) groups excluding carboxylic acids is 1. The number of ether oxygens (including phenoxy) is 4. The van der Waals surface area contributed by atoms with Crippen LogP contribution < -0.4 is 24.3 Å². The Balaban J connectivity index is 2.03. The van der Waals surface area contributed by atoms with E-state index in [1.54, 1.807) is 27.4 Å². The summed E-state index contributed by atoms with van der Waals surface area (Å²) in [5, 5.41) is 2.85. The Bertz CT molecular complexity index is 811. The summed E-state index contributed by atoms with van der Waals surface area (Å²) in [4.78, 5) is 12.3. The number of carbonyl (C=O) groups is 1. The average Bonchev–Trinajstić information content (AvgIpc) is 2.69. The standard InChI is InChI=1S/C22H29NO5/c1-22(2,3)16-9-7-8-10-17(16)28-14-19(24)23-13-15-11-12-18(25-4)21(27-6)20(15)26-5/h7-12H,13-14H2,1-6H3,(H,23,24). The molecule has 2 rings (SSSR count). The van der Waals surface area contributed by atoms with Gasteiger partial charge in [-0.15, -0.1) is 0 Å². The normalized spacial score (nSPS) is 10.9. The van der Waals surface area contributed by atoms with Crippen LogP contribution in [0.1, 0.15) is 31.9 Å². The zero-order valence-corrected chi connectivity index (χ0v) is 17.4. The lowest BCUT2D eigenvalue weighted by Gasteiger charge is -2.22. The molecule has 2 aromatic carbocycles. The first kappa shape index (κ1) is 21.4. The molecule has 0 aliphatic carbocycles. The van der Waals surface area contributed by atoms with Crippen LogP contribution >= 0.6 is 0 Å². The molecular formula is C22H29NO5. The molecule has 0 heterocycles. The van der Waals surface area contributed by atoms with E-state index in [1.807, 2.05) is 30.3 Å². The van der Waals surface area contributed by atoms with E-state index in [0.29, 0.717) is 23.0 Å². The molecule has 28 heavy (non-hydrogen) atoms. The van der Waals surface area contributed by atoms with Crippen molar-refractivity contribution in [1.29, 1.82) is 0 Å². The molecular weight excluding hydrogens is 358 g/mol. The van der Waals surface area contributed by atoms with Crippen molar-refractivity contribution in [2.75, 3.05) is 27.9 Å². The lowest BCUT2D eigenvalue weighted by Crippen LogP contribution is -2.29. The maximum absolute atomic E-state index is 12.3. The zero-order chi connectivity index (χ0) is 20.7. The second kappa shape index (κ2) is 9.35. The van der Waals surface area contributed by atoms with Crippen molar-refractivity contribution in [2.24, 2.45) is 0 Å². The van der Waals surface area contributed by atoms with E-state index < -0.39 is 0 Å². The molecule has 0 bridgehead atoms. The zero-order valence-electron chi connectivity index (χ0n) is 17.4. The molecule has 6 nitrogen and oxygen atoms in total. The number of amides is 1. The number of rotatable bonds is 8. The second-order valence-electron chi connectivity index (χ2n) is 7.31. The van der Waals surface area contributed by atoms with Crippen LogP contribution in [0.25, 0.3) is 0 Å². The van der Waals surface area contributed by atoms with Crippen molar-refractivity contribution in [3.63, 3.8) is 0 Å². The number of para-hydroxylation sites is 1. The molecule has 0 atom stereocenters. The fraction of sp³-hybridized carbons (Fsp3) is 0.409. The summed E-state index contributed by atoms with van der Waals surface area (Å²) in [5.74, 6) is 2.08. The van der Waals surface area contributed by atoms with Crippen LogP contribution in [0.4, 0.5) is 0 Å². The van der Waals surface area contributed by atoms with Crippen LogP contribution in [0.2, 0.25) is 0 Å². The highest BCUT2D eigenvalue weighted by Crippen LogP contribution is 2.39. The van der Waals surface area contributed by atoms with E-state index in [0.717, 1.165) is 11.1 Å². The molecule has 2 aromatic rings. The fourth-order valence-electron chi connectivity index (χ4n) is 2.90. The van der Waals surface area contributed by atoms with Crippen LogP contribution in [0.15, 0.2) is 36.4 Å². The average molecular weight is 387 g/mol. The van der Waals surface area contributed by atoms with E-state index in [1.165, 1.54) is 0 Å². The van der Waals surface area contributed by atoms with Gasteiger partial charge in [-0.3, -0.25) is 4.79 Å². The molecule has 0 unspecified atom stereocenters. The smallest absolute Gasteiger partial charge is 0.258 e. The Labute approximate surface area is 166 Å². The Morgan fingerprint density at radius 1 is 0.893 bits per heavy atom. The third-order valence-electron chi connectivity index (χ3n) is 4.32.